The van der Waals surface area contributed by atoms with E-state index in [2.05, 4.69) is 38.6 Å². The van der Waals surface area contributed by atoms with Crippen molar-refractivity contribution in [1.82, 2.24) is 15.3 Å². The Morgan fingerprint density at radius 3 is 2.68 bits per heavy atom. The number of likely N-dealkylation sites (N-methyl/N-ethyl adjacent to an activating group) is 2. The van der Waals surface area contributed by atoms with Crippen LogP contribution in [0.3, 0.4) is 0 Å². The lowest BCUT2D eigenvalue weighted by molar-refractivity contribution is -0.111. The number of methoxy groups -OCH3 is 1. The maximum absolute atomic E-state index is 12.3. The Morgan fingerprint density at radius 1 is 1.09 bits per heavy atom. The number of hydroxylamine groups is 1. The van der Waals surface area contributed by atoms with Crippen LogP contribution in [0.5, 0.6) is 17.2 Å². The zero-order valence-corrected chi connectivity index (χ0v) is 25.1. The quantitative estimate of drug-likeness (QED) is 0.167. The largest absolute Gasteiger partial charge is 0.494 e. The molecule has 0 radical (unpaired) electrons. The smallest absolute Gasteiger partial charge is 0.247 e. The summed E-state index contributed by atoms with van der Waals surface area (Å²) in [6, 6.07) is 23.1. The van der Waals surface area contributed by atoms with Gasteiger partial charge in [0.05, 0.1) is 36.8 Å². The lowest BCUT2D eigenvalue weighted by Gasteiger charge is -2.25. The van der Waals surface area contributed by atoms with E-state index in [9.17, 15) is 4.79 Å². The van der Waals surface area contributed by atoms with E-state index in [1.807, 2.05) is 85.7 Å². The van der Waals surface area contributed by atoms with E-state index in [0.29, 0.717) is 35.4 Å². The highest BCUT2D eigenvalue weighted by Gasteiger charge is 2.29. The van der Waals surface area contributed by atoms with E-state index in [1.165, 1.54) is 12.4 Å². The first-order chi connectivity index (χ1) is 21.5. The lowest BCUT2D eigenvalue weighted by Crippen LogP contribution is -2.28. The van der Waals surface area contributed by atoms with Crippen LogP contribution in [0.15, 0.2) is 91.8 Å². The maximum atomic E-state index is 12.3. The number of para-hydroxylation sites is 1. The number of nitrogens with zero attached hydrogens (tertiary/aromatic N) is 4. The van der Waals surface area contributed by atoms with E-state index >= 15 is 0 Å². The minimum atomic E-state index is -0.316. The van der Waals surface area contributed by atoms with E-state index < -0.39 is 0 Å². The number of carbonyl (C=O) groups is 1. The van der Waals surface area contributed by atoms with E-state index in [4.69, 9.17) is 14.3 Å². The molecular weight excluding hydrogens is 558 g/mol. The lowest BCUT2D eigenvalue weighted by atomic mass is 10.0. The van der Waals surface area contributed by atoms with Gasteiger partial charge >= 0.3 is 0 Å². The Kier molecular flexibility index (Phi) is 9.90. The number of ether oxygens (including phenoxy) is 2. The van der Waals surface area contributed by atoms with Crippen molar-refractivity contribution in [3.8, 4) is 17.2 Å². The van der Waals surface area contributed by atoms with E-state index in [0.717, 1.165) is 42.3 Å². The number of aromatic nitrogens is 2. The Labute approximate surface area is 257 Å². The van der Waals surface area contributed by atoms with Gasteiger partial charge in [-0.2, -0.15) is 0 Å². The summed E-state index contributed by atoms with van der Waals surface area (Å²) in [4.78, 5) is 29.3. The summed E-state index contributed by atoms with van der Waals surface area (Å²) in [6.07, 6.45) is 3.50. The summed E-state index contributed by atoms with van der Waals surface area (Å²) in [5.74, 6) is 2.92. The van der Waals surface area contributed by atoms with Gasteiger partial charge < -0.3 is 30.3 Å². The first kappa shape index (κ1) is 30.3. The molecule has 3 N–H and O–H groups in total. The average molecular weight is 596 g/mol. The first-order valence-electron chi connectivity index (χ1n) is 14.3. The summed E-state index contributed by atoms with van der Waals surface area (Å²) < 4.78 is 11.8. The number of anilines is 5. The van der Waals surface area contributed by atoms with Crippen LogP contribution in [0, 0.1) is 0 Å². The van der Waals surface area contributed by atoms with Crippen molar-refractivity contribution in [2.75, 3.05) is 61.5 Å². The predicted molar refractivity (Wildman–Crippen MR) is 173 cm³/mol. The predicted octanol–water partition coefficient (Wildman–Crippen LogP) is 5.68. The third-order valence-electron chi connectivity index (χ3n) is 7.14. The zero-order chi connectivity index (χ0) is 30.9. The second kappa shape index (κ2) is 14.4. The van der Waals surface area contributed by atoms with Crippen LogP contribution in [0.2, 0.25) is 0 Å². The molecule has 1 aliphatic rings. The fourth-order valence-corrected chi connectivity index (χ4v) is 4.92. The van der Waals surface area contributed by atoms with Gasteiger partial charge in [0, 0.05) is 38.7 Å². The molecule has 11 nitrogen and oxygen atoms in total. The second-order valence-corrected chi connectivity index (χ2v) is 10.1. The van der Waals surface area contributed by atoms with Crippen LogP contribution >= 0.6 is 0 Å². The number of rotatable bonds is 13. The summed E-state index contributed by atoms with van der Waals surface area (Å²) >= 11 is 0. The molecule has 0 bridgehead atoms. The van der Waals surface area contributed by atoms with Gasteiger partial charge in [0.15, 0.2) is 5.82 Å². The average Bonchev–Trinajstić information content (AvgIpc) is 3.55. The van der Waals surface area contributed by atoms with Crippen LogP contribution in [-0.4, -0.2) is 56.8 Å². The second-order valence-electron chi connectivity index (χ2n) is 10.1. The molecule has 1 saturated heterocycles. The van der Waals surface area contributed by atoms with Crippen molar-refractivity contribution < 1.29 is 19.1 Å². The summed E-state index contributed by atoms with van der Waals surface area (Å²) in [7, 11) is 5.45. The molecule has 0 saturated carbocycles. The molecule has 0 spiro atoms. The summed E-state index contributed by atoms with van der Waals surface area (Å²) in [6.45, 7) is 5.62. The molecule has 1 fully saturated rings. The molecule has 3 aromatic carbocycles. The topological polar surface area (TPSA) is 113 Å². The monoisotopic (exact) mass is 595 g/mol. The van der Waals surface area contributed by atoms with Gasteiger partial charge in [0.25, 0.3) is 0 Å². The number of carbonyl (C=O) groups excluding carboxylic acids is 1. The number of hydrogen-bond acceptors (Lipinski definition) is 10. The van der Waals surface area contributed by atoms with Gasteiger partial charge in [-0.15, -0.1) is 0 Å². The van der Waals surface area contributed by atoms with Gasteiger partial charge in [0.2, 0.25) is 5.91 Å². The highest BCUT2D eigenvalue weighted by atomic mass is 16.7. The number of amides is 1. The van der Waals surface area contributed by atoms with Crippen molar-refractivity contribution in [2.45, 2.75) is 12.5 Å². The van der Waals surface area contributed by atoms with Crippen LogP contribution in [0.1, 0.15) is 18.0 Å². The maximum Gasteiger partial charge on any atom is 0.247 e. The molecule has 2 heterocycles. The Morgan fingerprint density at radius 2 is 1.91 bits per heavy atom. The molecule has 11 heteroatoms. The van der Waals surface area contributed by atoms with Gasteiger partial charge in [-0.3, -0.25) is 9.63 Å². The van der Waals surface area contributed by atoms with Crippen molar-refractivity contribution in [2.24, 2.45) is 0 Å². The number of nitrogens with one attached hydrogen (secondary N) is 3. The standard InChI is InChI=1S/C33H37N7O4/c1-5-33(41)38-26-19-27(30(42-4)20-29(26)39(3)16-15-34-2)37-31-21-32(36-22-35-31)40-28(14-17-43-40)23-10-9-13-25(18-23)44-24-11-7-6-8-12-24/h5-13,18-22,28,34H,1,14-17H2,2-4H3,(H,38,41)(H,35,36,37). The van der Waals surface area contributed by atoms with Crippen LogP contribution in [0.25, 0.3) is 0 Å². The molecule has 0 aliphatic carbocycles. The van der Waals surface area contributed by atoms with Crippen molar-refractivity contribution in [3.05, 3.63) is 97.3 Å². The van der Waals surface area contributed by atoms with Crippen LogP contribution in [-0.2, 0) is 9.63 Å². The zero-order valence-electron chi connectivity index (χ0n) is 25.1. The fourth-order valence-electron chi connectivity index (χ4n) is 4.92. The molecule has 1 aromatic heterocycles. The van der Waals surface area contributed by atoms with E-state index in [-0.39, 0.29) is 11.9 Å². The number of benzene rings is 3. The summed E-state index contributed by atoms with van der Waals surface area (Å²) in [5.41, 5.74) is 3.07. The SMILES string of the molecule is C=CC(=O)Nc1cc(Nc2cc(N3OCCC3c3cccc(Oc4ccccc4)c3)ncn2)c(OC)cc1N(C)CCNC. The minimum absolute atomic E-state index is 0.0697. The third kappa shape index (κ3) is 7.25. The van der Waals surface area contributed by atoms with E-state index in [1.54, 1.807) is 12.2 Å². The van der Waals surface area contributed by atoms with Gasteiger partial charge in [-0.1, -0.05) is 36.9 Å². The molecule has 44 heavy (non-hydrogen) atoms. The molecule has 1 atom stereocenters. The molecule has 1 amide bonds. The highest BCUT2D eigenvalue weighted by molar-refractivity contribution is 6.02. The number of hydrogen-bond donors (Lipinski definition) is 3. The first-order valence-corrected chi connectivity index (χ1v) is 14.3. The molecule has 4 aromatic rings. The normalized spacial score (nSPS) is 14.2. The van der Waals surface area contributed by atoms with Gasteiger partial charge in [0.1, 0.15) is 29.4 Å². The molecule has 1 unspecified atom stereocenters. The fraction of sp³-hybridized carbons (Fsp3) is 0.242. The van der Waals surface area contributed by atoms with Crippen molar-refractivity contribution >= 4 is 34.6 Å². The van der Waals surface area contributed by atoms with Crippen molar-refractivity contribution in [3.63, 3.8) is 0 Å². The minimum Gasteiger partial charge on any atom is -0.494 e. The molecule has 228 valence electrons. The highest BCUT2D eigenvalue weighted by Crippen LogP contribution is 2.39. The van der Waals surface area contributed by atoms with Gasteiger partial charge in [-0.05, 0) is 49.0 Å². The van der Waals surface area contributed by atoms with Crippen LogP contribution in [0.4, 0.5) is 28.7 Å². The molecule has 1 aliphatic heterocycles. The van der Waals surface area contributed by atoms with Crippen molar-refractivity contribution in [1.29, 1.82) is 0 Å². The molecular formula is C33H37N7O4. The Hall–Kier alpha value is -5.13. The Bertz CT molecular complexity index is 1580. The Balaban J connectivity index is 1.39. The third-order valence-corrected chi connectivity index (χ3v) is 7.14. The van der Waals surface area contributed by atoms with Crippen LogP contribution < -0.4 is 35.4 Å². The summed E-state index contributed by atoms with van der Waals surface area (Å²) in [5, 5.41) is 11.2. The molecule has 5 rings (SSSR count). The van der Waals surface area contributed by atoms with Gasteiger partial charge in [-0.25, -0.2) is 15.0 Å².